The Morgan fingerprint density at radius 2 is 1.19 bits per heavy atom. The number of carbonyl (C=O) groups is 6. The van der Waals surface area contributed by atoms with Crippen molar-refractivity contribution in [3.05, 3.63) is 92.5 Å². The minimum Gasteiger partial charge on any atom is -0.461 e. The number of halogens is 1. The third-order valence-electron chi connectivity index (χ3n) is 11.8. The standard InChI is InChI=1S/C24H26N4O5.C17H18BrN3O3.C7H9NO2/c1-4-33-22(30)21-19-15-27(16(2)29)12-9-20(19)28(25-21)18-7-5-6-17(14-18)8-10-24(32)11-13-26(3)23(24)31;1-3-24-17(23)16-14-10-20(11(2)22)8-7-15(14)21(19-16)13-6-4-5-12(18)9-13;1-3-7(10)4-5-8(2)6(7)9/h5-7,14,32H,4,9,11-13,15H2,1-3H3;4-6,9H,3,7-8,10H2,1-2H3;1,10H,4-5H2,2H3/t24-;;7-/m0.0/s1. The highest BCUT2D eigenvalue weighted by molar-refractivity contribution is 9.10. The van der Waals surface area contributed by atoms with E-state index in [1.165, 1.54) is 23.6 Å². The van der Waals surface area contributed by atoms with Gasteiger partial charge in [0, 0.05) is 114 Å². The van der Waals surface area contributed by atoms with Gasteiger partial charge in [0.2, 0.25) is 23.0 Å². The van der Waals surface area contributed by atoms with Crippen LogP contribution in [-0.2, 0) is 54.6 Å². The van der Waals surface area contributed by atoms with Crippen LogP contribution in [0.4, 0.5) is 0 Å². The first kappa shape index (κ1) is 49.6. The van der Waals surface area contributed by atoms with Crippen LogP contribution in [0.2, 0.25) is 0 Å². The molecule has 19 heteroatoms. The summed E-state index contributed by atoms with van der Waals surface area (Å²) >= 11 is 3.46. The van der Waals surface area contributed by atoms with Gasteiger partial charge in [-0.15, -0.1) is 6.42 Å². The molecule has 67 heavy (non-hydrogen) atoms. The van der Waals surface area contributed by atoms with Gasteiger partial charge in [-0.05, 0) is 50.2 Å². The molecular formula is C48H53BrN8O10. The predicted octanol–water partition coefficient (Wildman–Crippen LogP) is 2.83. The van der Waals surface area contributed by atoms with Crippen LogP contribution in [0, 0.1) is 24.2 Å². The first-order valence-corrected chi connectivity index (χ1v) is 22.5. The fourth-order valence-electron chi connectivity index (χ4n) is 7.99. The Bertz CT molecular complexity index is 2710. The van der Waals surface area contributed by atoms with Crippen LogP contribution < -0.4 is 0 Å². The van der Waals surface area contributed by atoms with E-state index in [0.717, 1.165) is 27.1 Å². The van der Waals surface area contributed by atoms with Gasteiger partial charge in [0.05, 0.1) is 36.0 Å². The number of fused-ring (bicyclic) bond motifs is 2. The molecule has 0 radical (unpaired) electrons. The Morgan fingerprint density at radius 3 is 1.60 bits per heavy atom. The second kappa shape index (κ2) is 20.8. The van der Waals surface area contributed by atoms with Gasteiger partial charge in [-0.3, -0.25) is 19.2 Å². The fourth-order valence-corrected chi connectivity index (χ4v) is 8.37. The number of terminal acetylenes is 1. The molecule has 4 aliphatic heterocycles. The fraction of sp³-hybridized carbons (Fsp3) is 0.417. The van der Waals surface area contributed by atoms with Gasteiger partial charge >= 0.3 is 11.9 Å². The lowest BCUT2D eigenvalue weighted by Crippen LogP contribution is -2.37. The number of aliphatic hydroxyl groups is 2. The molecule has 2 fully saturated rings. The summed E-state index contributed by atoms with van der Waals surface area (Å²) in [5, 5.41) is 28.9. The van der Waals surface area contributed by atoms with Crippen molar-refractivity contribution in [2.75, 3.05) is 53.5 Å². The molecule has 0 spiro atoms. The van der Waals surface area contributed by atoms with Gasteiger partial charge in [0.1, 0.15) is 0 Å². The average Bonchev–Trinajstić information content (AvgIpc) is 4.04. The number of hydrogen-bond acceptors (Lipinski definition) is 12. The van der Waals surface area contributed by atoms with Crippen molar-refractivity contribution < 1.29 is 48.5 Å². The number of amides is 4. The van der Waals surface area contributed by atoms with Gasteiger partial charge in [0.15, 0.2) is 11.4 Å². The molecule has 6 heterocycles. The van der Waals surface area contributed by atoms with Crippen LogP contribution in [0.5, 0.6) is 0 Å². The molecule has 2 N–H and O–H groups in total. The number of rotatable bonds is 6. The first-order valence-electron chi connectivity index (χ1n) is 21.7. The third kappa shape index (κ3) is 10.8. The molecule has 0 aliphatic carbocycles. The van der Waals surface area contributed by atoms with Gasteiger partial charge < -0.3 is 39.3 Å². The van der Waals surface area contributed by atoms with Crippen LogP contribution in [-0.4, -0.2) is 150 Å². The van der Waals surface area contributed by atoms with E-state index < -0.39 is 29.0 Å². The Balaban J connectivity index is 0.000000189. The van der Waals surface area contributed by atoms with Crippen molar-refractivity contribution in [2.45, 2.75) is 77.7 Å². The van der Waals surface area contributed by atoms with E-state index in [0.29, 0.717) is 75.3 Å². The summed E-state index contributed by atoms with van der Waals surface area (Å²) < 4.78 is 14.7. The Hall–Kier alpha value is -6.80. The van der Waals surface area contributed by atoms with E-state index in [4.69, 9.17) is 15.9 Å². The molecule has 0 bridgehead atoms. The minimum absolute atomic E-state index is 0.00864. The molecule has 4 amide bonds. The molecule has 352 valence electrons. The number of benzene rings is 2. The third-order valence-corrected chi connectivity index (χ3v) is 12.3. The number of carbonyl (C=O) groups excluding carboxylic acids is 6. The number of hydrogen-bond donors (Lipinski definition) is 2. The van der Waals surface area contributed by atoms with Crippen LogP contribution >= 0.6 is 15.9 Å². The van der Waals surface area contributed by atoms with Crippen molar-refractivity contribution in [1.29, 1.82) is 0 Å². The molecule has 4 aromatic rings. The molecule has 0 saturated carbocycles. The minimum atomic E-state index is -1.68. The van der Waals surface area contributed by atoms with E-state index in [9.17, 15) is 39.0 Å². The van der Waals surface area contributed by atoms with Crippen LogP contribution in [0.1, 0.15) is 89.6 Å². The molecule has 2 atom stereocenters. The van der Waals surface area contributed by atoms with Crippen molar-refractivity contribution in [1.82, 2.24) is 39.2 Å². The highest BCUT2D eigenvalue weighted by Crippen LogP contribution is 2.29. The SMILES string of the molecule is C#C[C@]1(O)CCN(C)C1=O.CCOC(=O)c1nn(-c2cccc(Br)c2)c2c1CN(C(C)=O)CC2.CCOC(=O)c1nn(-c2cccc(C#C[C@]3(O)CCN(C)C3=O)c2)c2c1CN(C(C)=O)CC2. The van der Waals surface area contributed by atoms with E-state index in [1.807, 2.05) is 30.3 Å². The Kier molecular flexibility index (Phi) is 15.4. The molecule has 18 nitrogen and oxygen atoms in total. The summed E-state index contributed by atoms with van der Waals surface area (Å²) in [7, 11) is 3.26. The van der Waals surface area contributed by atoms with Crippen molar-refractivity contribution >= 4 is 51.5 Å². The second-order valence-electron chi connectivity index (χ2n) is 16.3. The number of nitrogens with zero attached hydrogens (tertiary/aromatic N) is 8. The number of likely N-dealkylation sites (N-methyl/N-ethyl adjacent to an activating group) is 2. The van der Waals surface area contributed by atoms with Crippen LogP contribution in [0.15, 0.2) is 53.0 Å². The number of likely N-dealkylation sites (tertiary alicyclic amines) is 2. The van der Waals surface area contributed by atoms with Gasteiger partial charge in [0.25, 0.3) is 11.8 Å². The predicted molar refractivity (Wildman–Crippen MR) is 246 cm³/mol. The summed E-state index contributed by atoms with van der Waals surface area (Å²) in [5.74, 6) is 5.89. The zero-order valence-corrected chi connectivity index (χ0v) is 39.9. The normalized spacial score (nSPS) is 19.4. The van der Waals surface area contributed by atoms with E-state index in [2.05, 4.69) is 43.9 Å². The summed E-state index contributed by atoms with van der Waals surface area (Å²) in [5.41, 5.74) is 2.69. The molecule has 4 aliphatic rings. The maximum atomic E-state index is 12.6. The van der Waals surface area contributed by atoms with E-state index in [1.54, 1.807) is 65.3 Å². The highest BCUT2D eigenvalue weighted by Gasteiger charge is 2.43. The summed E-state index contributed by atoms with van der Waals surface area (Å²) in [6.07, 6.45) is 6.77. The molecule has 2 aromatic carbocycles. The van der Waals surface area contributed by atoms with Crippen LogP contribution in [0.25, 0.3) is 11.4 Å². The first-order chi connectivity index (χ1) is 31.8. The molecule has 2 saturated heterocycles. The lowest BCUT2D eigenvalue weighted by molar-refractivity contribution is -0.138. The van der Waals surface area contributed by atoms with Crippen molar-refractivity contribution in [3.63, 3.8) is 0 Å². The average molecular weight is 982 g/mol. The maximum Gasteiger partial charge on any atom is 0.359 e. The molecular weight excluding hydrogens is 928 g/mol. The smallest absolute Gasteiger partial charge is 0.359 e. The van der Waals surface area contributed by atoms with Crippen LogP contribution in [0.3, 0.4) is 0 Å². The second-order valence-corrected chi connectivity index (χ2v) is 17.2. The van der Waals surface area contributed by atoms with E-state index in [-0.39, 0.29) is 48.7 Å². The van der Waals surface area contributed by atoms with E-state index >= 15 is 0 Å². The number of aromatic nitrogens is 4. The van der Waals surface area contributed by atoms with Gasteiger partial charge in [-0.25, -0.2) is 19.0 Å². The van der Waals surface area contributed by atoms with Gasteiger partial charge in [-0.2, -0.15) is 10.2 Å². The zero-order chi connectivity index (χ0) is 48.8. The Morgan fingerprint density at radius 1 is 0.731 bits per heavy atom. The van der Waals surface area contributed by atoms with Gasteiger partial charge in [-0.1, -0.05) is 45.8 Å². The lowest BCUT2D eigenvalue weighted by Gasteiger charge is -2.26. The maximum absolute atomic E-state index is 12.6. The van der Waals surface area contributed by atoms with Crippen molar-refractivity contribution in [3.8, 4) is 35.6 Å². The summed E-state index contributed by atoms with van der Waals surface area (Å²) in [6, 6.07) is 14.9. The molecule has 0 unspecified atom stereocenters. The largest absolute Gasteiger partial charge is 0.461 e. The summed E-state index contributed by atoms with van der Waals surface area (Å²) in [6.45, 7) is 9.85. The highest BCUT2D eigenvalue weighted by atomic mass is 79.9. The summed E-state index contributed by atoms with van der Waals surface area (Å²) in [4.78, 5) is 77.9. The topological polar surface area (TPSA) is 210 Å². The zero-order valence-electron chi connectivity index (χ0n) is 38.3. The number of esters is 2. The molecule has 2 aromatic heterocycles. The molecule has 8 rings (SSSR count). The Labute approximate surface area is 396 Å². The number of ether oxygens (including phenoxy) is 2. The quantitative estimate of drug-likeness (QED) is 0.211. The monoisotopic (exact) mass is 980 g/mol. The van der Waals surface area contributed by atoms with Crippen molar-refractivity contribution in [2.24, 2.45) is 0 Å². The lowest BCUT2D eigenvalue weighted by atomic mass is 10.0.